The molecule has 6 nitrogen and oxygen atoms in total. The third-order valence-electron chi connectivity index (χ3n) is 7.33. The van der Waals surface area contributed by atoms with Crippen molar-refractivity contribution in [2.24, 2.45) is 0 Å². The summed E-state index contributed by atoms with van der Waals surface area (Å²) >= 11 is 12.4. The van der Waals surface area contributed by atoms with Crippen LogP contribution in [0.5, 0.6) is 0 Å². The summed E-state index contributed by atoms with van der Waals surface area (Å²) in [6.07, 6.45) is 0.879. The molecule has 1 aliphatic heterocycles. The first-order chi connectivity index (χ1) is 18.9. The Bertz CT molecular complexity index is 1430. The molecule has 0 radical (unpaired) electrons. The largest absolute Gasteiger partial charge is 0.369 e. The van der Waals surface area contributed by atoms with E-state index in [2.05, 4.69) is 28.1 Å². The van der Waals surface area contributed by atoms with Gasteiger partial charge in [-0.3, -0.25) is 14.3 Å². The molecule has 1 aliphatic rings. The van der Waals surface area contributed by atoms with Crippen molar-refractivity contribution in [1.29, 1.82) is 0 Å². The molecule has 0 bridgehead atoms. The van der Waals surface area contributed by atoms with Crippen LogP contribution >= 0.6 is 23.2 Å². The number of imidazole rings is 1. The summed E-state index contributed by atoms with van der Waals surface area (Å²) in [5.74, 6) is 0.576. The van der Waals surface area contributed by atoms with Crippen molar-refractivity contribution in [3.8, 4) is 17.1 Å². The molecule has 2 heterocycles. The SMILES string of the molecule is Cc1c(Cl)cccc1N1CCN(CCCNC(=O)c2nc(-c3ccccc3)n(-c3ccc(Cl)cc3)c2C)CC1. The topological polar surface area (TPSA) is 53.4 Å². The van der Waals surface area contributed by atoms with Crippen molar-refractivity contribution in [2.45, 2.75) is 20.3 Å². The smallest absolute Gasteiger partial charge is 0.271 e. The van der Waals surface area contributed by atoms with Gasteiger partial charge in [-0.1, -0.05) is 59.6 Å². The van der Waals surface area contributed by atoms with Crippen LogP contribution in [0.2, 0.25) is 10.0 Å². The average molecular weight is 563 g/mol. The third-order valence-corrected chi connectivity index (χ3v) is 7.99. The van der Waals surface area contributed by atoms with E-state index in [1.165, 1.54) is 5.69 Å². The van der Waals surface area contributed by atoms with Crippen LogP contribution in [0.1, 0.15) is 28.2 Å². The van der Waals surface area contributed by atoms with Crippen molar-refractivity contribution < 1.29 is 4.79 Å². The first-order valence-electron chi connectivity index (χ1n) is 13.3. The van der Waals surface area contributed by atoms with Gasteiger partial charge in [0.05, 0.1) is 5.69 Å². The number of amides is 1. The number of anilines is 1. The first-order valence-corrected chi connectivity index (χ1v) is 14.1. The molecule has 0 unspecified atom stereocenters. The number of aromatic nitrogens is 2. The van der Waals surface area contributed by atoms with Crippen LogP contribution < -0.4 is 10.2 Å². The highest BCUT2D eigenvalue weighted by Crippen LogP contribution is 2.28. The van der Waals surface area contributed by atoms with Crippen LogP contribution in [-0.2, 0) is 0 Å². The number of hydrogen-bond donors (Lipinski definition) is 1. The Morgan fingerprint density at radius 2 is 1.62 bits per heavy atom. The number of nitrogens with one attached hydrogen (secondary N) is 1. The Hall–Kier alpha value is -3.32. The number of halogens is 2. The van der Waals surface area contributed by atoms with Gasteiger partial charge in [-0.25, -0.2) is 4.98 Å². The minimum absolute atomic E-state index is 0.154. The third kappa shape index (κ3) is 6.14. The van der Waals surface area contributed by atoms with E-state index < -0.39 is 0 Å². The van der Waals surface area contributed by atoms with Gasteiger partial charge < -0.3 is 10.2 Å². The number of benzene rings is 3. The molecule has 1 amide bonds. The predicted octanol–water partition coefficient (Wildman–Crippen LogP) is 6.41. The second-order valence-electron chi connectivity index (χ2n) is 9.87. The van der Waals surface area contributed by atoms with Gasteiger partial charge in [0, 0.05) is 59.7 Å². The molecule has 3 aromatic carbocycles. The van der Waals surface area contributed by atoms with Crippen molar-refractivity contribution in [3.63, 3.8) is 0 Å². The first kappa shape index (κ1) is 27.3. The quantitative estimate of drug-likeness (QED) is 0.253. The Labute approximate surface area is 240 Å². The van der Waals surface area contributed by atoms with Crippen LogP contribution in [-0.4, -0.2) is 59.6 Å². The fourth-order valence-electron chi connectivity index (χ4n) is 5.14. The van der Waals surface area contributed by atoms with Gasteiger partial charge in [-0.2, -0.15) is 0 Å². The number of carbonyl (C=O) groups excluding carboxylic acids is 1. The number of rotatable bonds is 8. The molecular weight excluding hydrogens is 529 g/mol. The normalized spacial score (nSPS) is 14.0. The van der Waals surface area contributed by atoms with E-state index >= 15 is 0 Å². The van der Waals surface area contributed by atoms with Crippen molar-refractivity contribution in [1.82, 2.24) is 19.8 Å². The highest BCUT2D eigenvalue weighted by molar-refractivity contribution is 6.31. The molecule has 1 fully saturated rings. The molecule has 1 aromatic heterocycles. The van der Waals surface area contributed by atoms with Crippen LogP contribution in [0.15, 0.2) is 72.8 Å². The Morgan fingerprint density at radius 3 is 2.33 bits per heavy atom. The number of nitrogens with zero attached hydrogens (tertiary/aromatic N) is 4. The second-order valence-corrected chi connectivity index (χ2v) is 10.7. The Balaban J connectivity index is 1.19. The van der Waals surface area contributed by atoms with E-state index in [1.54, 1.807) is 0 Å². The summed E-state index contributed by atoms with van der Waals surface area (Å²) in [5, 5.41) is 4.57. The maximum Gasteiger partial charge on any atom is 0.271 e. The van der Waals surface area contributed by atoms with Crippen LogP contribution in [0.25, 0.3) is 17.1 Å². The predicted molar refractivity (Wildman–Crippen MR) is 161 cm³/mol. The minimum Gasteiger partial charge on any atom is -0.369 e. The van der Waals surface area contributed by atoms with Gasteiger partial charge in [-0.15, -0.1) is 0 Å². The van der Waals surface area contributed by atoms with E-state index in [4.69, 9.17) is 28.2 Å². The monoisotopic (exact) mass is 561 g/mol. The molecule has 5 rings (SSSR count). The van der Waals surface area contributed by atoms with Gasteiger partial charge in [0.1, 0.15) is 11.5 Å². The van der Waals surface area contributed by atoms with E-state index in [1.807, 2.05) is 78.2 Å². The highest BCUT2D eigenvalue weighted by atomic mass is 35.5. The fraction of sp³-hybridized carbons (Fsp3) is 0.290. The van der Waals surface area contributed by atoms with E-state index in [0.717, 1.165) is 72.5 Å². The van der Waals surface area contributed by atoms with Crippen LogP contribution in [0, 0.1) is 13.8 Å². The molecule has 1 saturated heterocycles. The van der Waals surface area contributed by atoms with Crippen LogP contribution in [0.4, 0.5) is 5.69 Å². The molecule has 202 valence electrons. The van der Waals surface area contributed by atoms with E-state index in [-0.39, 0.29) is 5.91 Å². The molecular formula is C31H33Cl2N5O. The van der Waals surface area contributed by atoms with E-state index in [9.17, 15) is 4.79 Å². The van der Waals surface area contributed by atoms with Gasteiger partial charge in [0.15, 0.2) is 0 Å². The summed E-state index contributed by atoms with van der Waals surface area (Å²) in [4.78, 5) is 22.9. The van der Waals surface area contributed by atoms with Gasteiger partial charge >= 0.3 is 0 Å². The Kier molecular flexibility index (Phi) is 8.56. The molecule has 1 N–H and O–H groups in total. The standard InChI is InChI=1S/C31H33Cl2N5O/c1-22-27(33)10-6-11-28(22)37-20-18-36(19-21-37)17-7-16-34-31(39)29-23(2)38(26-14-12-25(32)13-15-26)30(35-29)24-8-4-3-5-9-24/h3-6,8-15H,7,16-21H2,1-2H3,(H,34,39). The van der Waals surface area contributed by atoms with Gasteiger partial charge in [-0.05, 0) is 68.8 Å². The summed E-state index contributed by atoms with van der Waals surface area (Å²) in [6, 6.07) is 23.6. The van der Waals surface area contributed by atoms with Crippen molar-refractivity contribution in [2.75, 3.05) is 44.2 Å². The minimum atomic E-state index is -0.154. The molecule has 39 heavy (non-hydrogen) atoms. The number of hydrogen-bond acceptors (Lipinski definition) is 4. The highest BCUT2D eigenvalue weighted by Gasteiger charge is 2.22. The zero-order chi connectivity index (χ0) is 27.4. The zero-order valence-corrected chi connectivity index (χ0v) is 23.8. The lowest BCUT2D eigenvalue weighted by Gasteiger charge is -2.37. The summed E-state index contributed by atoms with van der Waals surface area (Å²) < 4.78 is 2.02. The molecule has 0 aliphatic carbocycles. The van der Waals surface area contributed by atoms with Gasteiger partial charge in [0.25, 0.3) is 5.91 Å². The lowest BCUT2D eigenvalue weighted by Crippen LogP contribution is -2.47. The molecule has 0 saturated carbocycles. The summed E-state index contributed by atoms with van der Waals surface area (Å²) in [5.41, 5.74) is 5.45. The maximum atomic E-state index is 13.2. The van der Waals surface area contributed by atoms with Crippen LogP contribution in [0.3, 0.4) is 0 Å². The zero-order valence-electron chi connectivity index (χ0n) is 22.3. The van der Waals surface area contributed by atoms with Crippen molar-refractivity contribution >= 4 is 34.8 Å². The number of carbonyl (C=O) groups is 1. The lowest BCUT2D eigenvalue weighted by atomic mass is 10.1. The summed E-state index contributed by atoms with van der Waals surface area (Å²) in [6.45, 7) is 9.47. The average Bonchev–Trinajstić information content (AvgIpc) is 3.31. The van der Waals surface area contributed by atoms with Gasteiger partial charge in [0.2, 0.25) is 0 Å². The summed E-state index contributed by atoms with van der Waals surface area (Å²) in [7, 11) is 0. The van der Waals surface area contributed by atoms with Crippen molar-refractivity contribution in [3.05, 3.63) is 99.8 Å². The second kappa shape index (κ2) is 12.2. The number of piperazine rings is 1. The molecule has 4 aromatic rings. The molecule has 0 spiro atoms. The van der Waals surface area contributed by atoms with E-state index in [0.29, 0.717) is 17.3 Å². The Morgan fingerprint density at radius 1 is 0.897 bits per heavy atom. The molecule has 8 heteroatoms. The maximum absolute atomic E-state index is 13.2. The lowest BCUT2D eigenvalue weighted by molar-refractivity contribution is 0.0946. The fourth-order valence-corrected chi connectivity index (χ4v) is 5.44. The molecule has 0 atom stereocenters.